The molecule has 3 aromatic rings. The summed E-state index contributed by atoms with van der Waals surface area (Å²) in [5, 5.41) is 6.99. The Morgan fingerprint density at radius 2 is 1.97 bits per heavy atom. The lowest BCUT2D eigenvalue weighted by molar-refractivity contribution is -0.137. The largest absolute Gasteiger partial charge is 0.347 e. The topological polar surface area (TPSA) is 76.0 Å². The number of piperazine rings is 1. The van der Waals surface area contributed by atoms with E-state index >= 15 is 0 Å². The Labute approximate surface area is 170 Å². The van der Waals surface area contributed by atoms with E-state index < -0.39 is 12.1 Å². The summed E-state index contributed by atoms with van der Waals surface area (Å²) in [4.78, 5) is 29.8. The highest BCUT2D eigenvalue weighted by Gasteiger charge is 2.38. The molecule has 2 N–H and O–H groups in total. The van der Waals surface area contributed by atoms with Gasteiger partial charge < -0.3 is 15.2 Å². The fraction of sp³-hybridized carbons (Fsp3) is 0.348. The molecule has 0 bridgehead atoms. The number of hydrogen-bond acceptors (Lipinski definition) is 3. The molecule has 2 aromatic heterocycles. The van der Waals surface area contributed by atoms with Crippen molar-refractivity contribution in [1.82, 2.24) is 20.2 Å². The Morgan fingerprint density at radius 3 is 2.69 bits per heavy atom. The van der Waals surface area contributed by atoms with Crippen LogP contribution in [0.1, 0.15) is 36.6 Å². The van der Waals surface area contributed by atoms with E-state index in [1.165, 1.54) is 5.56 Å². The van der Waals surface area contributed by atoms with Crippen molar-refractivity contribution in [3.63, 3.8) is 0 Å². The van der Waals surface area contributed by atoms with Crippen molar-refractivity contribution in [2.45, 2.75) is 51.7 Å². The Morgan fingerprint density at radius 1 is 1.14 bits per heavy atom. The SMILES string of the molecule is CCn1cc(C(C)C2NC(=O)C(Cc3ccccn3)NC2=O)c2cc(C)ccc21. The van der Waals surface area contributed by atoms with Gasteiger partial charge in [0.2, 0.25) is 11.8 Å². The smallest absolute Gasteiger partial charge is 0.243 e. The molecule has 6 nitrogen and oxygen atoms in total. The second kappa shape index (κ2) is 7.70. The third-order valence-electron chi connectivity index (χ3n) is 5.75. The fourth-order valence-electron chi connectivity index (χ4n) is 4.11. The highest BCUT2D eigenvalue weighted by Crippen LogP contribution is 2.31. The van der Waals surface area contributed by atoms with Crippen LogP contribution in [-0.2, 0) is 22.6 Å². The molecule has 0 spiro atoms. The molecular formula is C23H26N4O2. The number of rotatable bonds is 5. The minimum atomic E-state index is -0.598. The number of fused-ring (bicyclic) bond motifs is 1. The number of carbonyl (C=O) groups excluding carboxylic acids is 2. The molecule has 1 aliphatic rings. The lowest BCUT2D eigenvalue weighted by Crippen LogP contribution is -2.63. The summed E-state index contributed by atoms with van der Waals surface area (Å²) < 4.78 is 2.19. The maximum Gasteiger partial charge on any atom is 0.243 e. The van der Waals surface area contributed by atoms with Crippen molar-refractivity contribution < 1.29 is 9.59 Å². The first-order valence-corrected chi connectivity index (χ1v) is 10.1. The van der Waals surface area contributed by atoms with Crippen LogP contribution in [0.3, 0.4) is 0 Å². The molecule has 3 unspecified atom stereocenters. The van der Waals surface area contributed by atoms with Crippen LogP contribution < -0.4 is 10.6 Å². The van der Waals surface area contributed by atoms with E-state index in [2.05, 4.69) is 58.4 Å². The number of aryl methyl sites for hydroxylation is 2. The predicted octanol–water partition coefficient (Wildman–Crippen LogP) is 2.69. The van der Waals surface area contributed by atoms with Gasteiger partial charge in [-0.05, 0) is 43.7 Å². The van der Waals surface area contributed by atoms with Crippen LogP contribution in [0.25, 0.3) is 10.9 Å². The predicted molar refractivity (Wildman–Crippen MR) is 113 cm³/mol. The zero-order chi connectivity index (χ0) is 20.5. The Bertz CT molecular complexity index is 1060. The monoisotopic (exact) mass is 390 g/mol. The van der Waals surface area contributed by atoms with Crippen LogP contribution in [0.15, 0.2) is 48.8 Å². The lowest BCUT2D eigenvalue weighted by Gasteiger charge is -2.32. The summed E-state index contributed by atoms with van der Waals surface area (Å²) in [6.45, 7) is 7.02. The first-order valence-electron chi connectivity index (χ1n) is 10.1. The highest BCUT2D eigenvalue weighted by molar-refractivity contribution is 5.98. The van der Waals surface area contributed by atoms with Gasteiger partial charge in [0.1, 0.15) is 12.1 Å². The van der Waals surface area contributed by atoms with Crippen LogP contribution in [0, 0.1) is 6.92 Å². The average Bonchev–Trinajstić information content (AvgIpc) is 3.08. The minimum Gasteiger partial charge on any atom is -0.347 e. The Kier molecular flexibility index (Phi) is 5.09. The van der Waals surface area contributed by atoms with Crippen molar-refractivity contribution in [3.8, 4) is 0 Å². The van der Waals surface area contributed by atoms with Crippen LogP contribution in [0.5, 0.6) is 0 Å². The third-order valence-corrected chi connectivity index (χ3v) is 5.75. The molecule has 0 aliphatic carbocycles. The van der Waals surface area contributed by atoms with E-state index in [9.17, 15) is 9.59 Å². The van der Waals surface area contributed by atoms with Crippen molar-refractivity contribution in [3.05, 3.63) is 65.6 Å². The number of nitrogens with one attached hydrogen (secondary N) is 2. The van der Waals surface area contributed by atoms with Gasteiger partial charge in [0, 0.05) is 47.9 Å². The van der Waals surface area contributed by atoms with Gasteiger partial charge in [-0.3, -0.25) is 14.6 Å². The normalized spacial score (nSPS) is 20.4. The molecule has 2 amide bonds. The summed E-state index contributed by atoms with van der Waals surface area (Å²) in [6, 6.07) is 10.7. The van der Waals surface area contributed by atoms with E-state index in [1.54, 1.807) is 6.20 Å². The van der Waals surface area contributed by atoms with E-state index in [0.717, 1.165) is 28.7 Å². The molecular weight excluding hydrogens is 364 g/mol. The maximum absolute atomic E-state index is 12.9. The zero-order valence-electron chi connectivity index (χ0n) is 17.0. The Hall–Kier alpha value is -3.15. The molecule has 1 fully saturated rings. The Balaban J connectivity index is 1.58. The molecule has 1 aromatic carbocycles. The maximum atomic E-state index is 12.9. The minimum absolute atomic E-state index is 0.146. The number of aromatic nitrogens is 2. The van der Waals surface area contributed by atoms with Gasteiger partial charge in [-0.25, -0.2) is 0 Å². The van der Waals surface area contributed by atoms with Crippen LogP contribution in [-0.4, -0.2) is 33.4 Å². The van der Waals surface area contributed by atoms with E-state index in [-0.39, 0.29) is 17.7 Å². The van der Waals surface area contributed by atoms with Crippen LogP contribution >= 0.6 is 0 Å². The number of hydrogen-bond donors (Lipinski definition) is 2. The molecule has 1 saturated heterocycles. The van der Waals surface area contributed by atoms with Gasteiger partial charge in [0.15, 0.2) is 0 Å². The van der Waals surface area contributed by atoms with Gasteiger partial charge in [-0.1, -0.05) is 24.6 Å². The number of nitrogens with zero attached hydrogens (tertiary/aromatic N) is 2. The molecule has 4 rings (SSSR count). The molecule has 29 heavy (non-hydrogen) atoms. The molecule has 6 heteroatoms. The molecule has 3 atom stereocenters. The quantitative estimate of drug-likeness (QED) is 0.703. The molecule has 0 saturated carbocycles. The van der Waals surface area contributed by atoms with Gasteiger partial charge in [0.05, 0.1) is 0 Å². The second-order valence-corrected chi connectivity index (χ2v) is 7.75. The van der Waals surface area contributed by atoms with Gasteiger partial charge in [-0.15, -0.1) is 0 Å². The van der Waals surface area contributed by atoms with Crippen molar-refractivity contribution in [2.24, 2.45) is 0 Å². The highest BCUT2D eigenvalue weighted by atomic mass is 16.2. The van der Waals surface area contributed by atoms with E-state index in [0.29, 0.717) is 6.42 Å². The number of amides is 2. The van der Waals surface area contributed by atoms with Gasteiger partial charge >= 0.3 is 0 Å². The van der Waals surface area contributed by atoms with E-state index in [1.807, 2.05) is 25.1 Å². The van der Waals surface area contributed by atoms with Crippen LogP contribution in [0.2, 0.25) is 0 Å². The molecule has 1 aliphatic heterocycles. The third kappa shape index (κ3) is 3.62. The number of pyridine rings is 1. The fourth-order valence-corrected chi connectivity index (χ4v) is 4.11. The van der Waals surface area contributed by atoms with Gasteiger partial charge in [-0.2, -0.15) is 0 Å². The molecule has 0 radical (unpaired) electrons. The first kappa shape index (κ1) is 19.2. The van der Waals surface area contributed by atoms with Crippen LogP contribution in [0.4, 0.5) is 0 Å². The lowest BCUT2D eigenvalue weighted by atomic mass is 9.89. The summed E-state index contributed by atoms with van der Waals surface area (Å²) in [6.07, 6.45) is 4.18. The average molecular weight is 390 g/mol. The van der Waals surface area contributed by atoms with Crippen molar-refractivity contribution >= 4 is 22.7 Å². The van der Waals surface area contributed by atoms with Crippen molar-refractivity contribution in [2.75, 3.05) is 0 Å². The summed E-state index contributed by atoms with van der Waals surface area (Å²) >= 11 is 0. The summed E-state index contributed by atoms with van der Waals surface area (Å²) in [5.74, 6) is -0.461. The molecule has 3 heterocycles. The second-order valence-electron chi connectivity index (χ2n) is 7.75. The number of benzene rings is 1. The standard InChI is InChI=1S/C23H26N4O2/c1-4-27-13-18(17-11-14(2)8-9-20(17)27)15(3)21-23(29)25-19(22(28)26-21)12-16-7-5-6-10-24-16/h5-11,13,15,19,21H,4,12H2,1-3H3,(H,25,29)(H,26,28). The molecule has 150 valence electrons. The zero-order valence-corrected chi connectivity index (χ0v) is 17.0. The van der Waals surface area contributed by atoms with Crippen molar-refractivity contribution in [1.29, 1.82) is 0 Å². The van der Waals surface area contributed by atoms with E-state index in [4.69, 9.17) is 0 Å². The first-order chi connectivity index (χ1) is 14.0. The van der Waals surface area contributed by atoms with Gasteiger partial charge in [0.25, 0.3) is 0 Å². The summed E-state index contributed by atoms with van der Waals surface area (Å²) in [7, 11) is 0. The summed E-state index contributed by atoms with van der Waals surface area (Å²) in [5.41, 5.74) is 4.18. The number of carbonyl (C=O) groups is 2.